The Balaban J connectivity index is 1.49. The quantitative estimate of drug-likeness (QED) is 0.710. The maximum absolute atomic E-state index is 12.5. The highest BCUT2D eigenvalue weighted by Gasteiger charge is 2.22. The van der Waals surface area contributed by atoms with Crippen LogP contribution < -0.4 is 15.5 Å². The van der Waals surface area contributed by atoms with E-state index in [4.69, 9.17) is 0 Å². The maximum Gasteiger partial charge on any atom is 0.220 e. The minimum Gasteiger partial charge on any atom is -0.370 e. The number of nitrogens with one attached hydrogen (secondary N) is 2. The molecule has 2 N–H and O–H groups in total. The van der Waals surface area contributed by atoms with Gasteiger partial charge in [0.1, 0.15) is 18.0 Å². The lowest BCUT2D eigenvalue weighted by atomic mass is 9.93. The molecule has 2 unspecified atom stereocenters. The van der Waals surface area contributed by atoms with Gasteiger partial charge in [0, 0.05) is 50.9 Å². The standard InChI is InChI=1S/C21H33N7O/c1-5-22-19-11-20(24-14-23-19)28-10-6-7-17(12-28)8-9-21(29)25-15(2)18-13-27(4)26-16(18)3/h11,13-15,17H,5-10,12H2,1-4H3,(H,25,29)(H,22,23,24). The van der Waals surface area contributed by atoms with Crippen LogP contribution in [0, 0.1) is 12.8 Å². The number of piperidine rings is 1. The van der Waals surface area contributed by atoms with Crippen molar-refractivity contribution in [2.75, 3.05) is 29.9 Å². The van der Waals surface area contributed by atoms with Gasteiger partial charge in [-0.25, -0.2) is 9.97 Å². The van der Waals surface area contributed by atoms with E-state index in [-0.39, 0.29) is 11.9 Å². The van der Waals surface area contributed by atoms with E-state index in [0.29, 0.717) is 12.3 Å². The van der Waals surface area contributed by atoms with Gasteiger partial charge in [-0.1, -0.05) is 0 Å². The van der Waals surface area contributed by atoms with E-state index < -0.39 is 0 Å². The van der Waals surface area contributed by atoms with E-state index in [2.05, 4.69) is 37.5 Å². The highest BCUT2D eigenvalue weighted by Crippen LogP contribution is 2.25. The topological polar surface area (TPSA) is 88.0 Å². The number of aryl methyl sites for hydroxylation is 2. The zero-order valence-corrected chi connectivity index (χ0v) is 18.0. The summed E-state index contributed by atoms with van der Waals surface area (Å²) in [6.45, 7) is 8.83. The summed E-state index contributed by atoms with van der Waals surface area (Å²) < 4.78 is 1.79. The highest BCUT2D eigenvalue weighted by molar-refractivity contribution is 5.76. The number of carbonyl (C=O) groups is 1. The van der Waals surface area contributed by atoms with Gasteiger partial charge in [-0.05, 0) is 46.0 Å². The lowest BCUT2D eigenvalue weighted by Gasteiger charge is -2.33. The van der Waals surface area contributed by atoms with Crippen LogP contribution in [0.1, 0.15) is 56.8 Å². The second-order valence-corrected chi connectivity index (χ2v) is 7.92. The number of rotatable bonds is 8. The third-order valence-corrected chi connectivity index (χ3v) is 5.53. The van der Waals surface area contributed by atoms with E-state index in [9.17, 15) is 4.79 Å². The fourth-order valence-corrected chi connectivity index (χ4v) is 4.08. The van der Waals surface area contributed by atoms with Crippen molar-refractivity contribution in [2.24, 2.45) is 13.0 Å². The number of hydrogen-bond donors (Lipinski definition) is 2. The number of aromatic nitrogens is 4. The van der Waals surface area contributed by atoms with Crippen molar-refractivity contribution in [2.45, 2.75) is 52.5 Å². The predicted molar refractivity (Wildman–Crippen MR) is 115 cm³/mol. The fraction of sp³-hybridized carbons (Fsp3) is 0.619. The molecule has 0 spiro atoms. The van der Waals surface area contributed by atoms with Gasteiger partial charge in [0.05, 0.1) is 11.7 Å². The van der Waals surface area contributed by atoms with Crippen LogP contribution in [0.15, 0.2) is 18.6 Å². The maximum atomic E-state index is 12.5. The van der Waals surface area contributed by atoms with Crippen molar-refractivity contribution >= 4 is 17.5 Å². The van der Waals surface area contributed by atoms with E-state index in [1.807, 2.05) is 33.2 Å². The first-order valence-electron chi connectivity index (χ1n) is 10.6. The summed E-state index contributed by atoms with van der Waals surface area (Å²) >= 11 is 0. The average molecular weight is 400 g/mol. The smallest absolute Gasteiger partial charge is 0.220 e. The fourth-order valence-electron chi connectivity index (χ4n) is 4.08. The molecule has 1 amide bonds. The summed E-state index contributed by atoms with van der Waals surface area (Å²) in [5.74, 6) is 2.43. The van der Waals surface area contributed by atoms with Gasteiger partial charge < -0.3 is 15.5 Å². The summed E-state index contributed by atoms with van der Waals surface area (Å²) in [6.07, 6.45) is 7.32. The van der Waals surface area contributed by atoms with Crippen molar-refractivity contribution in [1.29, 1.82) is 0 Å². The number of amides is 1. The predicted octanol–water partition coefficient (Wildman–Crippen LogP) is 2.82. The minimum absolute atomic E-state index is 0.0236. The molecule has 8 nitrogen and oxygen atoms in total. The number of hydrogen-bond acceptors (Lipinski definition) is 6. The first-order chi connectivity index (χ1) is 14.0. The van der Waals surface area contributed by atoms with Crippen LogP contribution in [-0.2, 0) is 11.8 Å². The second kappa shape index (κ2) is 9.71. The Morgan fingerprint density at radius 1 is 1.38 bits per heavy atom. The Morgan fingerprint density at radius 3 is 2.93 bits per heavy atom. The zero-order valence-electron chi connectivity index (χ0n) is 18.0. The molecule has 0 radical (unpaired) electrons. The van der Waals surface area contributed by atoms with Crippen molar-refractivity contribution < 1.29 is 4.79 Å². The number of nitrogens with zero attached hydrogens (tertiary/aromatic N) is 5. The van der Waals surface area contributed by atoms with Gasteiger partial charge in [-0.2, -0.15) is 5.10 Å². The summed E-state index contributed by atoms with van der Waals surface area (Å²) in [7, 11) is 1.90. The molecule has 2 atom stereocenters. The average Bonchev–Trinajstić information content (AvgIpc) is 3.05. The Kier molecular flexibility index (Phi) is 7.06. The molecular formula is C21H33N7O. The lowest BCUT2D eigenvalue weighted by molar-refractivity contribution is -0.122. The molecule has 1 aliphatic heterocycles. The Labute approximate surface area is 173 Å². The molecule has 0 saturated carbocycles. The summed E-state index contributed by atoms with van der Waals surface area (Å²) in [5.41, 5.74) is 2.04. The summed E-state index contributed by atoms with van der Waals surface area (Å²) in [5, 5.41) is 10.7. The number of carbonyl (C=O) groups excluding carboxylic acids is 1. The van der Waals surface area contributed by atoms with E-state index in [1.165, 1.54) is 0 Å². The third kappa shape index (κ3) is 5.68. The molecule has 2 aromatic heterocycles. The van der Waals surface area contributed by atoms with Gasteiger partial charge in [0.25, 0.3) is 0 Å². The Morgan fingerprint density at radius 2 is 2.21 bits per heavy atom. The lowest BCUT2D eigenvalue weighted by Crippen LogP contribution is -2.36. The summed E-state index contributed by atoms with van der Waals surface area (Å²) in [6, 6.07) is 1.99. The van der Waals surface area contributed by atoms with Crippen molar-refractivity contribution in [3.63, 3.8) is 0 Å². The molecule has 1 aliphatic rings. The molecule has 0 aliphatic carbocycles. The molecular weight excluding hydrogens is 366 g/mol. The van der Waals surface area contributed by atoms with Gasteiger partial charge in [0.2, 0.25) is 5.91 Å². The summed E-state index contributed by atoms with van der Waals surface area (Å²) in [4.78, 5) is 23.5. The van der Waals surface area contributed by atoms with Gasteiger partial charge >= 0.3 is 0 Å². The largest absolute Gasteiger partial charge is 0.370 e. The molecule has 3 heterocycles. The molecule has 29 heavy (non-hydrogen) atoms. The minimum atomic E-state index is -0.0236. The molecule has 1 saturated heterocycles. The third-order valence-electron chi connectivity index (χ3n) is 5.53. The van der Waals surface area contributed by atoms with Crippen LogP contribution in [0.4, 0.5) is 11.6 Å². The molecule has 158 valence electrons. The number of anilines is 2. The van der Waals surface area contributed by atoms with Crippen LogP contribution in [0.2, 0.25) is 0 Å². The SMILES string of the molecule is CCNc1cc(N2CCCC(CCC(=O)NC(C)c3cn(C)nc3C)C2)ncn1. The van der Waals surface area contributed by atoms with Crippen LogP contribution in [0.3, 0.4) is 0 Å². The van der Waals surface area contributed by atoms with Crippen LogP contribution in [-0.4, -0.2) is 45.3 Å². The Bertz CT molecular complexity index is 819. The normalized spacial score (nSPS) is 17.8. The molecule has 0 aromatic carbocycles. The molecule has 3 rings (SSSR count). The van der Waals surface area contributed by atoms with Crippen molar-refractivity contribution in [3.05, 3.63) is 29.8 Å². The monoisotopic (exact) mass is 399 g/mol. The van der Waals surface area contributed by atoms with E-state index >= 15 is 0 Å². The van der Waals surface area contributed by atoms with Crippen LogP contribution >= 0.6 is 0 Å². The van der Waals surface area contributed by atoms with E-state index in [0.717, 1.165) is 61.8 Å². The van der Waals surface area contributed by atoms with E-state index in [1.54, 1.807) is 11.0 Å². The first kappa shape index (κ1) is 21.1. The van der Waals surface area contributed by atoms with Crippen molar-refractivity contribution in [1.82, 2.24) is 25.1 Å². The molecule has 1 fully saturated rings. The van der Waals surface area contributed by atoms with Gasteiger partial charge in [-0.15, -0.1) is 0 Å². The molecule has 0 bridgehead atoms. The van der Waals surface area contributed by atoms with Gasteiger partial charge in [0.15, 0.2) is 0 Å². The van der Waals surface area contributed by atoms with Crippen molar-refractivity contribution in [3.8, 4) is 0 Å². The Hall–Kier alpha value is -2.64. The second-order valence-electron chi connectivity index (χ2n) is 7.92. The molecule has 2 aromatic rings. The van der Waals surface area contributed by atoms with Gasteiger partial charge in [-0.3, -0.25) is 9.48 Å². The molecule has 8 heteroatoms. The zero-order chi connectivity index (χ0) is 20.8. The van der Waals surface area contributed by atoms with Crippen LogP contribution in [0.25, 0.3) is 0 Å². The highest BCUT2D eigenvalue weighted by atomic mass is 16.1. The van der Waals surface area contributed by atoms with Crippen LogP contribution in [0.5, 0.6) is 0 Å². The first-order valence-corrected chi connectivity index (χ1v) is 10.6.